The van der Waals surface area contributed by atoms with E-state index in [1.165, 1.54) is 19.3 Å². The van der Waals surface area contributed by atoms with Crippen molar-refractivity contribution in [3.63, 3.8) is 0 Å². The second-order valence-electron chi connectivity index (χ2n) is 12.6. The number of ether oxygens (including phenoxy) is 1. The first-order chi connectivity index (χ1) is 18.4. The second-order valence-corrected chi connectivity index (χ2v) is 12.6. The van der Waals surface area contributed by atoms with Crippen LogP contribution in [0, 0.1) is 0 Å². The number of piperazine rings is 1. The van der Waals surface area contributed by atoms with Gasteiger partial charge < -0.3 is 24.4 Å². The maximum Gasteiger partial charge on any atom is 0.219 e. The van der Waals surface area contributed by atoms with E-state index in [0.29, 0.717) is 48.4 Å². The van der Waals surface area contributed by atoms with Crippen LogP contribution in [0.25, 0.3) is 11.6 Å². The molecule has 4 heterocycles. The van der Waals surface area contributed by atoms with E-state index in [0.717, 1.165) is 81.7 Å². The highest BCUT2D eigenvalue weighted by Gasteiger charge is 2.49. The summed E-state index contributed by atoms with van der Waals surface area (Å²) in [6.45, 7) is 5.79. The van der Waals surface area contributed by atoms with Gasteiger partial charge in [-0.15, -0.1) is 0 Å². The lowest BCUT2D eigenvalue weighted by molar-refractivity contribution is -0.127. The zero-order chi connectivity index (χ0) is 25.9. The van der Waals surface area contributed by atoms with E-state index in [2.05, 4.69) is 34.2 Å². The minimum absolute atomic E-state index is 0.204. The number of Topliss-reactive ketones (excluding diaryl/α,β-unsaturated/α-hetero) is 1. The molecule has 38 heavy (non-hydrogen) atoms. The Kier molecular flexibility index (Phi) is 6.00. The average Bonchev–Trinajstić information content (AvgIpc) is 3.29. The molecule has 2 aromatic rings. The van der Waals surface area contributed by atoms with E-state index >= 15 is 0 Å². The summed E-state index contributed by atoms with van der Waals surface area (Å²) in [6, 6.07) is 2.79. The Bertz CT molecular complexity index is 1220. The minimum Gasteiger partial charge on any atom is -0.476 e. The van der Waals surface area contributed by atoms with Gasteiger partial charge in [-0.05, 0) is 78.3 Å². The molecule has 4 fully saturated rings. The molecule has 2 spiro atoms. The summed E-state index contributed by atoms with van der Waals surface area (Å²) in [5.41, 5.74) is 1.59. The van der Waals surface area contributed by atoms with Gasteiger partial charge in [-0.25, -0.2) is 4.98 Å². The quantitative estimate of drug-likeness (QED) is 0.634. The fourth-order valence-corrected chi connectivity index (χ4v) is 7.51. The van der Waals surface area contributed by atoms with Gasteiger partial charge in [-0.3, -0.25) is 4.79 Å². The summed E-state index contributed by atoms with van der Waals surface area (Å²) in [4.78, 5) is 27.9. The molecule has 3 aliphatic carbocycles. The number of hydrogen-bond donors (Lipinski definition) is 1. The van der Waals surface area contributed by atoms with Gasteiger partial charge in [0.15, 0.2) is 0 Å². The zero-order valence-electron chi connectivity index (χ0n) is 22.8. The first-order valence-corrected chi connectivity index (χ1v) is 14.7. The number of nitrogens with zero attached hydrogens (tertiary/aromatic N) is 5. The Morgan fingerprint density at radius 1 is 1.13 bits per heavy atom. The molecule has 0 radical (unpaired) electrons. The van der Waals surface area contributed by atoms with Crippen molar-refractivity contribution in [2.24, 2.45) is 0 Å². The van der Waals surface area contributed by atoms with Crippen LogP contribution in [0.2, 0.25) is 0 Å². The van der Waals surface area contributed by atoms with Crippen molar-refractivity contribution in [1.29, 1.82) is 0 Å². The number of carbonyl (C=O) groups excluding carboxylic acids is 1. The van der Waals surface area contributed by atoms with Crippen LogP contribution in [0.1, 0.15) is 82.4 Å². The van der Waals surface area contributed by atoms with Crippen LogP contribution in [0.4, 0.5) is 5.82 Å². The van der Waals surface area contributed by atoms with E-state index in [4.69, 9.17) is 19.2 Å². The number of rotatable bonds is 5. The van der Waals surface area contributed by atoms with Crippen molar-refractivity contribution in [1.82, 2.24) is 25.3 Å². The first kappa shape index (κ1) is 24.5. The van der Waals surface area contributed by atoms with Gasteiger partial charge >= 0.3 is 0 Å². The molecule has 204 valence electrons. The Morgan fingerprint density at radius 3 is 2.79 bits per heavy atom. The lowest BCUT2D eigenvalue weighted by atomic mass is 9.64. The number of likely N-dealkylation sites (tertiary alicyclic amines) is 1. The summed E-state index contributed by atoms with van der Waals surface area (Å²) >= 11 is 0. The smallest absolute Gasteiger partial charge is 0.219 e. The first-order valence-electron chi connectivity index (χ1n) is 14.7. The number of hydrogen-bond acceptors (Lipinski definition) is 9. The number of aromatic nitrogens is 3. The predicted molar refractivity (Wildman–Crippen MR) is 144 cm³/mol. The number of ketones is 1. The average molecular weight is 521 g/mol. The standard InChI is InChI=1S/C29H40N6O3/c1-19-16-35(18-28(32-19)12-13-28)23-15-24(37-17-20-7-6-14-34(20)2)31-27(30-23)25-21-8-5-11-29(26(21)33-38-25)10-4-3-9-22(29)36/h15,19-20,32H,3-14,16-18H2,1-2H3/t19-,20-,29+/m0/s1. The van der Waals surface area contributed by atoms with E-state index in [1.807, 2.05) is 6.07 Å². The third kappa shape index (κ3) is 4.22. The maximum atomic E-state index is 13.2. The zero-order valence-corrected chi connectivity index (χ0v) is 22.8. The van der Waals surface area contributed by atoms with Gasteiger partial charge in [0.25, 0.3) is 0 Å². The lowest BCUT2D eigenvalue weighted by Gasteiger charge is -2.39. The Hall–Kier alpha value is -2.52. The Morgan fingerprint density at radius 2 is 2.00 bits per heavy atom. The van der Waals surface area contributed by atoms with Gasteiger partial charge in [-0.1, -0.05) is 11.6 Å². The molecule has 3 atom stereocenters. The van der Waals surface area contributed by atoms with Gasteiger partial charge in [0.2, 0.25) is 17.5 Å². The van der Waals surface area contributed by atoms with Crippen LogP contribution < -0.4 is 15.0 Å². The maximum absolute atomic E-state index is 13.2. The highest BCUT2D eigenvalue weighted by atomic mass is 16.5. The molecule has 5 aliphatic rings. The van der Waals surface area contributed by atoms with Crippen molar-refractivity contribution < 1.29 is 14.1 Å². The van der Waals surface area contributed by atoms with Crippen LogP contribution in [0.5, 0.6) is 5.88 Å². The number of nitrogens with one attached hydrogen (secondary N) is 1. The molecule has 2 aromatic heterocycles. The molecule has 7 rings (SSSR count). The molecule has 1 N–H and O–H groups in total. The van der Waals surface area contributed by atoms with Crippen molar-refractivity contribution in [2.75, 3.05) is 38.2 Å². The van der Waals surface area contributed by atoms with Crippen LogP contribution in [-0.2, 0) is 16.6 Å². The molecule has 2 aliphatic heterocycles. The molecule has 0 amide bonds. The molecule has 9 nitrogen and oxygen atoms in total. The summed E-state index contributed by atoms with van der Waals surface area (Å²) in [5, 5.41) is 8.34. The number of fused-ring (bicyclic) bond motifs is 2. The lowest BCUT2D eigenvalue weighted by Crippen LogP contribution is -2.57. The van der Waals surface area contributed by atoms with Crippen LogP contribution >= 0.6 is 0 Å². The topological polar surface area (TPSA) is 96.6 Å². The van der Waals surface area contributed by atoms with E-state index in [1.54, 1.807) is 0 Å². The van der Waals surface area contributed by atoms with E-state index < -0.39 is 5.41 Å². The van der Waals surface area contributed by atoms with Crippen molar-refractivity contribution in [3.8, 4) is 17.5 Å². The number of anilines is 1. The number of carbonyl (C=O) groups is 1. The largest absolute Gasteiger partial charge is 0.476 e. The molecule has 0 aromatic carbocycles. The fraction of sp³-hybridized carbons (Fsp3) is 0.724. The highest BCUT2D eigenvalue weighted by Crippen LogP contribution is 2.47. The van der Waals surface area contributed by atoms with Crippen LogP contribution in [-0.4, -0.2) is 76.7 Å². The van der Waals surface area contributed by atoms with Gasteiger partial charge in [0, 0.05) is 48.8 Å². The predicted octanol–water partition coefficient (Wildman–Crippen LogP) is 3.65. The number of likely N-dealkylation sites (N-methyl/N-ethyl adjacent to an activating group) is 1. The summed E-state index contributed by atoms with van der Waals surface area (Å²) < 4.78 is 12.4. The van der Waals surface area contributed by atoms with Gasteiger partial charge in [0.05, 0.1) is 5.41 Å². The fourth-order valence-electron chi connectivity index (χ4n) is 7.51. The normalized spacial score (nSPS) is 30.7. The molecular formula is C29H40N6O3. The van der Waals surface area contributed by atoms with E-state index in [9.17, 15) is 4.79 Å². The third-order valence-electron chi connectivity index (χ3n) is 9.77. The molecule has 2 saturated carbocycles. The second kappa shape index (κ2) is 9.30. The molecule has 0 unspecified atom stereocenters. The molecule has 2 saturated heterocycles. The van der Waals surface area contributed by atoms with Crippen molar-refractivity contribution in [3.05, 3.63) is 17.3 Å². The molecule has 9 heteroatoms. The molecule has 0 bridgehead atoms. The Balaban J connectivity index is 1.25. The van der Waals surface area contributed by atoms with Crippen molar-refractivity contribution in [2.45, 2.75) is 101 Å². The SMILES string of the molecule is C[C@H]1CN(c2cc(OC[C@@H]3CCCN3C)nc(-c3onc4c3CCC[C@@]43CCCCC3=O)n2)CC2(CC2)N1. The summed E-state index contributed by atoms with van der Waals surface area (Å²) in [7, 11) is 2.16. The van der Waals surface area contributed by atoms with Crippen LogP contribution in [0.3, 0.4) is 0 Å². The Labute approximate surface area is 224 Å². The summed E-state index contributed by atoms with van der Waals surface area (Å²) in [5.74, 6) is 2.95. The highest BCUT2D eigenvalue weighted by molar-refractivity contribution is 5.91. The van der Waals surface area contributed by atoms with Gasteiger partial charge in [-0.2, -0.15) is 4.98 Å². The minimum atomic E-state index is -0.482. The van der Waals surface area contributed by atoms with Gasteiger partial charge in [0.1, 0.15) is 23.9 Å². The van der Waals surface area contributed by atoms with Crippen LogP contribution in [0.15, 0.2) is 10.6 Å². The van der Waals surface area contributed by atoms with E-state index in [-0.39, 0.29) is 5.54 Å². The summed E-state index contributed by atoms with van der Waals surface area (Å²) in [6.07, 6.45) is 11.0. The third-order valence-corrected chi connectivity index (χ3v) is 9.77. The monoisotopic (exact) mass is 520 g/mol. The van der Waals surface area contributed by atoms with Crippen molar-refractivity contribution >= 4 is 11.6 Å². The molecular weight excluding hydrogens is 480 g/mol.